The van der Waals surface area contributed by atoms with Gasteiger partial charge >= 0.3 is 0 Å². The summed E-state index contributed by atoms with van der Waals surface area (Å²) in [5.41, 5.74) is 4.60. The molecule has 1 amide bonds. The van der Waals surface area contributed by atoms with Gasteiger partial charge in [-0.3, -0.25) is 4.79 Å². The summed E-state index contributed by atoms with van der Waals surface area (Å²) in [6.07, 6.45) is 1.58. The molecule has 3 aromatic rings. The lowest BCUT2D eigenvalue weighted by Gasteiger charge is -2.21. The van der Waals surface area contributed by atoms with Gasteiger partial charge in [-0.15, -0.1) is 0 Å². The third-order valence-corrected chi connectivity index (χ3v) is 4.60. The molecule has 0 fully saturated rings. The summed E-state index contributed by atoms with van der Waals surface area (Å²) in [7, 11) is 0. The Bertz CT molecular complexity index is 899. The van der Waals surface area contributed by atoms with E-state index in [1.165, 1.54) is 5.69 Å². The fraction of sp³-hybridized carbons (Fsp3) is 0.217. The first-order chi connectivity index (χ1) is 13.6. The minimum atomic E-state index is -0.175. The fourth-order valence-electron chi connectivity index (χ4n) is 2.93. The number of benzene rings is 2. The third-order valence-electron chi connectivity index (χ3n) is 4.60. The monoisotopic (exact) mass is 374 g/mol. The van der Waals surface area contributed by atoms with Gasteiger partial charge in [0.2, 0.25) is 0 Å². The summed E-state index contributed by atoms with van der Waals surface area (Å²) >= 11 is 0. The predicted octanol–water partition coefficient (Wildman–Crippen LogP) is 5.23. The van der Waals surface area contributed by atoms with Gasteiger partial charge in [-0.1, -0.05) is 17.7 Å². The molecule has 0 aliphatic rings. The Kier molecular flexibility index (Phi) is 6.27. The molecule has 0 aliphatic heterocycles. The Morgan fingerprint density at radius 2 is 1.54 bits per heavy atom. The van der Waals surface area contributed by atoms with Gasteiger partial charge in [0.1, 0.15) is 5.82 Å². The minimum Gasteiger partial charge on any atom is -0.372 e. The van der Waals surface area contributed by atoms with Crippen LogP contribution in [0.25, 0.3) is 0 Å². The lowest BCUT2D eigenvalue weighted by molar-refractivity contribution is 0.102. The van der Waals surface area contributed by atoms with Crippen LogP contribution in [0.4, 0.5) is 22.9 Å². The number of carbonyl (C=O) groups excluding carboxylic acids is 1. The average Bonchev–Trinajstić information content (AvgIpc) is 2.72. The normalized spacial score (nSPS) is 10.4. The summed E-state index contributed by atoms with van der Waals surface area (Å²) in [4.78, 5) is 19.0. The van der Waals surface area contributed by atoms with Crippen LogP contribution in [0.3, 0.4) is 0 Å². The number of aromatic nitrogens is 1. The van der Waals surface area contributed by atoms with E-state index in [0.29, 0.717) is 11.4 Å². The zero-order valence-electron chi connectivity index (χ0n) is 16.6. The zero-order valence-corrected chi connectivity index (χ0v) is 16.6. The molecule has 2 N–H and O–H groups in total. The molecule has 1 heterocycles. The van der Waals surface area contributed by atoms with Gasteiger partial charge in [0, 0.05) is 36.3 Å². The smallest absolute Gasteiger partial charge is 0.257 e. The number of nitrogens with one attached hydrogen (secondary N) is 2. The highest BCUT2D eigenvalue weighted by Crippen LogP contribution is 2.20. The van der Waals surface area contributed by atoms with E-state index in [-0.39, 0.29) is 5.91 Å². The molecule has 0 radical (unpaired) electrons. The van der Waals surface area contributed by atoms with Crippen LogP contribution >= 0.6 is 0 Å². The number of aryl methyl sites for hydroxylation is 1. The molecule has 0 saturated carbocycles. The van der Waals surface area contributed by atoms with Crippen LogP contribution in [0.5, 0.6) is 0 Å². The van der Waals surface area contributed by atoms with Crippen LogP contribution in [0.2, 0.25) is 0 Å². The van der Waals surface area contributed by atoms with Crippen LogP contribution in [0.1, 0.15) is 29.8 Å². The van der Waals surface area contributed by atoms with Crippen molar-refractivity contribution in [3.8, 4) is 0 Å². The standard InChI is InChI=1S/C23H26N4O/c1-4-27(5-2)21-13-11-19(12-14-21)25-22-15-8-18(16-24-22)23(28)26-20-9-6-17(3)7-10-20/h6-16H,4-5H2,1-3H3,(H,24,25)(H,26,28). The molecule has 0 bridgehead atoms. The maximum absolute atomic E-state index is 12.4. The van der Waals surface area contributed by atoms with Gasteiger partial charge in [-0.05, 0) is 69.3 Å². The molecule has 5 nitrogen and oxygen atoms in total. The Labute approximate surface area is 166 Å². The first-order valence-electron chi connectivity index (χ1n) is 9.55. The number of rotatable bonds is 7. The van der Waals surface area contributed by atoms with Crippen LogP contribution in [-0.4, -0.2) is 24.0 Å². The first-order valence-corrected chi connectivity index (χ1v) is 9.55. The van der Waals surface area contributed by atoms with E-state index < -0.39 is 0 Å². The number of nitrogens with zero attached hydrogens (tertiary/aromatic N) is 2. The van der Waals surface area contributed by atoms with Crippen molar-refractivity contribution in [2.45, 2.75) is 20.8 Å². The molecule has 2 aromatic carbocycles. The van der Waals surface area contributed by atoms with Crippen molar-refractivity contribution in [3.05, 3.63) is 78.0 Å². The topological polar surface area (TPSA) is 57.3 Å². The third kappa shape index (κ3) is 4.88. The van der Waals surface area contributed by atoms with E-state index in [0.717, 1.165) is 30.0 Å². The van der Waals surface area contributed by atoms with Crippen molar-refractivity contribution in [2.24, 2.45) is 0 Å². The Balaban J connectivity index is 1.62. The van der Waals surface area contributed by atoms with E-state index in [1.54, 1.807) is 12.3 Å². The van der Waals surface area contributed by atoms with Crippen molar-refractivity contribution in [2.75, 3.05) is 28.6 Å². The molecule has 0 unspecified atom stereocenters. The number of anilines is 4. The molecule has 28 heavy (non-hydrogen) atoms. The Hall–Kier alpha value is -3.34. The predicted molar refractivity (Wildman–Crippen MR) is 117 cm³/mol. The largest absolute Gasteiger partial charge is 0.372 e. The van der Waals surface area contributed by atoms with E-state index in [9.17, 15) is 4.79 Å². The van der Waals surface area contributed by atoms with Crippen LogP contribution in [0, 0.1) is 6.92 Å². The highest BCUT2D eigenvalue weighted by atomic mass is 16.1. The van der Waals surface area contributed by atoms with Gasteiger partial charge in [-0.2, -0.15) is 0 Å². The van der Waals surface area contributed by atoms with Gasteiger partial charge in [0.15, 0.2) is 0 Å². The van der Waals surface area contributed by atoms with E-state index in [2.05, 4.69) is 46.5 Å². The average molecular weight is 374 g/mol. The minimum absolute atomic E-state index is 0.175. The van der Waals surface area contributed by atoms with Crippen molar-refractivity contribution in [1.82, 2.24) is 4.98 Å². The van der Waals surface area contributed by atoms with Crippen LogP contribution in [0.15, 0.2) is 66.9 Å². The summed E-state index contributed by atoms with van der Waals surface area (Å²) in [5.74, 6) is 0.522. The summed E-state index contributed by atoms with van der Waals surface area (Å²) in [5, 5.41) is 6.15. The Morgan fingerprint density at radius 3 is 2.11 bits per heavy atom. The second kappa shape index (κ2) is 9.04. The summed E-state index contributed by atoms with van der Waals surface area (Å²) < 4.78 is 0. The number of pyridine rings is 1. The van der Waals surface area contributed by atoms with Gasteiger partial charge in [-0.25, -0.2) is 4.98 Å². The molecule has 0 atom stereocenters. The summed E-state index contributed by atoms with van der Waals surface area (Å²) in [6, 6.07) is 19.5. The van der Waals surface area contributed by atoms with Crippen LogP contribution in [-0.2, 0) is 0 Å². The molecule has 0 aliphatic carbocycles. The van der Waals surface area contributed by atoms with E-state index in [1.807, 2.05) is 49.4 Å². The van der Waals surface area contributed by atoms with Gasteiger partial charge in [0.25, 0.3) is 5.91 Å². The van der Waals surface area contributed by atoms with Gasteiger partial charge < -0.3 is 15.5 Å². The molecule has 5 heteroatoms. The molecule has 0 saturated heterocycles. The lowest BCUT2D eigenvalue weighted by atomic mass is 10.2. The molecular formula is C23H26N4O. The molecule has 1 aromatic heterocycles. The number of hydrogen-bond donors (Lipinski definition) is 2. The fourth-order valence-corrected chi connectivity index (χ4v) is 2.93. The highest BCUT2D eigenvalue weighted by molar-refractivity contribution is 6.04. The number of carbonyl (C=O) groups is 1. The lowest BCUT2D eigenvalue weighted by Crippen LogP contribution is -2.21. The number of amides is 1. The maximum Gasteiger partial charge on any atom is 0.257 e. The van der Waals surface area contributed by atoms with Crippen molar-refractivity contribution < 1.29 is 4.79 Å². The second-order valence-corrected chi connectivity index (χ2v) is 6.60. The number of hydrogen-bond acceptors (Lipinski definition) is 4. The highest BCUT2D eigenvalue weighted by Gasteiger charge is 2.07. The van der Waals surface area contributed by atoms with Crippen molar-refractivity contribution in [3.63, 3.8) is 0 Å². The molecule has 144 valence electrons. The zero-order chi connectivity index (χ0) is 19.9. The SMILES string of the molecule is CCN(CC)c1ccc(Nc2ccc(C(=O)Nc3ccc(C)cc3)cn2)cc1. The van der Waals surface area contributed by atoms with Crippen molar-refractivity contribution in [1.29, 1.82) is 0 Å². The molecular weight excluding hydrogens is 348 g/mol. The van der Waals surface area contributed by atoms with Crippen LogP contribution < -0.4 is 15.5 Å². The molecule has 3 rings (SSSR count). The first kappa shape index (κ1) is 19.4. The maximum atomic E-state index is 12.4. The van der Waals surface area contributed by atoms with E-state index in [4.69, 9.17) is 0 Å². The van der Waals surface area contributed by atoms with Gasteiger partial charge in [0.05, 0.1) is 5.56 Å². The summed E-state index contributed by atoms with van der Waals surface area (Å²) in [6.45, 7) is 8.28. The van der Waals surface area contributed by atoms with E-state index >= 15 is 0 Å². The van der Waals surface area contributed by atoms with Crippen molar-refractivity contribution >= 4 is 28.8 Å². The second-order valence-electron chi connectivity index (χ2n) is 6.60. The molecule has 0 spiro atoms. The quantitative estimate of drug-likeness (QED) is 0.594. The Morgan fingerprint density at radius 1 is 0.893 bits per heavy atom.